The molecular weight excluding hydrogens is 360 g/mol. The summed E-state index contributed by atoms with van der Waals surface area (Å²) in [7, 11) is -7.00. The first-order valence-corrected chi connectivity index (χ1v) is 11.0. The molecule has 2 rings (SSSR count). The molecule has 0 spiro atoms. The number of nitrogen functional groups attached to an aromatic ring is 1. The molecule has 0 fully saturated rings. The molecule has 2 aromatic rings. The van der Waals surface area contributed by atoms with Gasteiger partial charge in [-0.25, -0.2) is 16.8 Å². The van der Waals surface area contributed by atoms with Crippen molar-refractivity contribution in [2.75, 3.05) is 28.6 Å². The van der Waals surface area contributed by atoms with E-state index in [-0.39, 0.29) is 17.2 Å². The van der Waals surface area contributed by atoms with E-state index in [9.17, 15) is 16.8 Å². The fraction of sp³-hybridized carbons (Fsp3) is 0.176. The van der Waals surface area contributed by atoms with Gasteiger partial charge < -0.3 is 5.73 Å². The number of hydrogen-bond donors (Lipinski definition) is 1. The highest BCUT2D eigenvalue weighted by atomic mass is 32.2. The van der Waals surface area contributed by atoms with Crippen molar-refractivity contribution < 1.29 is 16.8 Å². The molecule has 25 heavy (non-hydrogen) atoms. The molecule has 0 atom stereocenters. The van der Waals surface area contributed by atoms with E-state index in [4.69, 9.17) is 5.73 Å². The summed E-state index contributed by atoms with van der Waals surface area (Å²) in [6.07, 6.45) is 4.03. The zero-order valence-corrected chi connectivity index (χ0v) is 15.4. The fourth-order valence-electron chi connectivity index (χ4n) is 2.22. The number of nitrogens with zero attached hydrogens (tertiary/aromatic N) is 1. The molecule has 0 saturated heterocycles. The lowest BCUT2D eigenvalue weighted by Gasteiger charge is -2.22. The molecule has 0 aliphatic carbocycles. The lowest BCUT2D eigenvalue weighted by molar-refractivity contribution is 0.597. The van der Waals surface area contributed by atoms with Crippen molar-refractivity contribution in [3.05, 3.63) is 66.7 Å². The Morgan fingerprint density at radius 3 is 2.12 bits per heavy atom. The SMILES string of the molecule is CS(=O)(=O)N(C/C=C/CS(=O)(=O)c1ccccc1)c1ccccc1N. The molecular formula is C17H20N2O4S2. The second-order valence-corrected chi connectivity index (χ2v) is 9.36. The predicted octanol–water partition coefficient (Wildman–Crippen LogP) is 2.06. The van der Waals surface area contributed by atoms with Crippen molar-refractivity contribution in [2.45, 2.75) is 4.90 Å². The number of sulfonamides is 1. The first-order chi connectivity index (χ1) is 11.7. The summed E-state index contributed by atoms with van der Waals surface area (Å²) in [5, 5.41) is 0. The molecule has 8 heteroatoms. The van der Waals surface area contributed by atoms with Crippen LogP contribution in [0.1, 0.15) is 0 Å². The van der Waals surface area contributed by atoms with Crippen LogP contribution in [-0.4, -0.2) is 35.4 Å². The second-order valence-electron chi connectivity index (χ2n) is 5.42. The van der Waals surface area contributed by atoms with E-state index >= 15 is 0 Å². The van der Waals surface area contributed by atoms with Crippen LogP contribution < -0.4 is 10.0 Å². The van der Waals surface area contributed by atoms with Gasteiger partial charge in [0.15, 0.2) is 9.84 Å². The second kappa shape index (κ2) is 7.71. The van der Waals surface area contributed by atoms with Gasteiger partial charge in [-0.1, -0.05) is 42.5 Å². The normalized spacial score (nSPS) is 12.4. The van der Waals surface area contributed by atoms with Gasteiger partial charge in [-0.2, -0.15) is 0 Å². The molecule has 0 amide bonds. The fourth-order valence-corrected chi connectivity index (χ4v) is 4.25. The van der Waals surface area contributed by atoms with Gasteiger partial charge in [0.1, 0.15) is 0 Å². The first-order valence-electron chi connectivity index (χ1n) is 7.47. The van der Waals surface area contributed by atoms with Gasteiger partial charge in [-0.15, -0.1) is 0 Å². The first kappa shape index (κ1) is 19.0. The molecule has 0 saturated carbocycles. The Morgan fingerprint density at radius 2 is 1.52 bits per heavy atom. The molecule has 2 aromatic carbocycles. The van der Waals surface area contributed by atoms with Gasteiger partial charge in [0.2, 0.25) is 10.0 Å². The number of para-hydroxylation sites is 2. The number of benzene rings is 2. The van der Waals surface area contributed by atoms with Crippen LogP contribution in [0.3, 0.4) is 0 Å². The van der Waals surface area contributed by atoms with Gasteiger partial charge >= 0.3 is 0 Å². The Balaban J connectivity index is 2.14. The third kappa shape index (κ3) is 5.07. The van der Waals surface area contributed by atoms with E-state index in [2.05, 4.69) is 0 Å². The van der Waals surface area contributed by atoms with Crippen LogP contribution >= 0.6 is 0 Å². The van der Waals surface area contributed by atoms with Crippen molar-refractivity contribution in [1.82, 2.24) is 0 Å². The van der Waals surface area contributed by atoms with E-state index in [0.29, 0.717) is 11.4 Å². The Hall–Kier alpha value is -2.32. The molecule has 0 aromatic heterocycles. The summed E-state index contributed by atoms with van der Waals surface area (Å²) < 4.78 is 49.6. The van der Waals surface area contributed by atoms with E-state index < -0.39 is 19.9 Å². The number of hydrogen-bond acceptors (Lipinski definition) is 5. The van der Waals surface area contributed by atoms with E-state index in [1.54, 1.807) is 42.5 Å². The summed E-state index contributed by atoms with van der Waals surface area (Å²) in [4.78, 5) is 0.229. The number of rotatable bonds is 7. The monoisotopic (exact) mass is 380 g/mol. The molecule has 0 bridgehead atoms. The maximum Gasteiger partial charge on any atom is 0.232 e. The van der Waals surface area contributed by atoms with Gasteiger partial charge in [0.05, 0.1) is 34.8 Å². The van der Waals surface area contributed by atoms with Crippen molar-refractivity contribution >= 4 is 31.2 Å². The van der Waals surface area contributed by atoms with Gasteiger partial charge in [-0.3, -0.25) is 4.31 Å². The average molecular weight is 380 g/mol. The van der Waals surface area contributed by atoms with Crippen LogP contribution in [0.2, 0.25) is 0 Å². The van der Waals surface area contributed by atoms with E-state index in [0.717, 1.165) is 10.6 Å². The van der Waals surface area contributed by atoms with Crippen molar-refractivity contribution in [3.8, 4) is 0 Å². The maximum atomic E-state index is 12.2. The number of sulfone groups is 1. The van der Waals surface area contributed by atoms with Crippen LogP contribution in [-0.2, 0) is 19.9 Å². The third-order valence-electron chi connectivity index (χ3n) is 3.46. The average Bonchev–Trinajstić information content (AvgIpc) is 2.55. The molecule has 0 heterocycles. The topological polar surface area (TPSA) is 97.5 Å². The highest BCUT2D eigenvalue weighted by molar-refractivity contribution is 7.92. The van der Waals surface area contributed by atoms with Crippen LogP contribution in [0.25, 0.3) is 0 Å². The largest absolute Gasteiger partial charge is 0.397 e. The van der Waals surface area contributed by atoms with E-state index in [1.807, 2.05) is 0 Å². The smallest absolute Gasteiger partial charge is 0.232 e. The lowest BCUT2D eigenvalue weighted by atomic mass is 10.2. The van der Waals surface area contributed by atoms with Gasteiger partial charge in [-0.05, 0) is 24.3 Å². The molecule has 134 valence electrons. The quantitative estimate of drug-likeness (QED) is 0.586. The highest BCUT2D eigenvalue weighted by Crippen LogP contribution is 2.24. The minimum atomic E-state index is -3.56. The number of nitrogens with two attached hydrogens (primary N) is 1. The Bertz CT molecular complexity index is 953. The summed E-state index contributed by atoms with van der Waals surface area (Å²) >= 11 is 0. The highest BCUT2D eigenvalue weighted by Gasteiger charge is 2.18. The Kier molecular flexibility index (Phi) is 5.86. The van der Waals surface area contributed by atoms with E-state index in [1.165, 1.54) is 24.3 Å². The van der Waals surface area contributed by atoms with Crippen molar-refractivity contribution in [3.63, 3.8) is 0 Å². The minimum absolute atomic E-state index is 0.00262. The zero-order valence-electron chi connectivity index (χ0n) is 13.7. The lowest BCUT2D eigenvalue weighted by Crippen LogP contribution is -2.30. The molecule has 0 radical (unpaired) electrons. The molecule has 2 N–H and O–H groups in total. The standard InChI is InChI=1S/C17H20N2O4S2/c1-24(20,21)19(17-12-6-5-11-16(17)18)13-7-8-14-25(22,23)15-9-3-2-4-10-15/h2-12H,13-14,18H2,1H3/b8-7+. The molecule has 0 aliphatic rings. The van der Waals surface area contributed by atoms with Crippen LogP contribution in [0.5, 0.6) is 0 Å². The van der Waals surface area contributed by atoms with Crippen LogP contribution in [0.15, 0.2) is 71.6 Å². The Morgan fingerprint density at radius 1 is 0.920 bits per heavy atom. The van der Waals surface area contributed by atoms with Crippen LogP contribution in [0.4, 0.5) is 11.4 Å². The summed E-state index contributed by atoms with van der Waals surface area (Å²) in [6, 6.07) is 14.7. The molecule has 0 unspecified atom stereocenters. The maximum absolute atomic E-state index is 12.2. The summed E-state index contributed by atoms with van der Waals surface area (Å²) in [6.45, 7) is -0.00262. The zero-order chi connectivity index (χ0) is 18.5. The third-order valence-corrected chi connectivity index (χ3v) is 6.23. The molecule has 6 nitrogen and oxygen atoms in total. The van der Waals surface area contributed by atoms with Crippen molar-refractivity contribution in [1.29, 1.82) is 0 Å². The van der Waals surface area contributed by atoms with Crippen LogP contribution in [0, 0.1) is 0 Å². The van der Waals surface area contributed by atoms with Gasteiger partial charge in [0, 0.05) is 0 Å². The van der Waals surface area contributed by atoms with Gasteiger partial charge in [0.25, 0.3) is 0 Å². The number of anilines is 2. The predicted molar refractivity (Wildman–Crippen MR) is 101 cm³/mol. The summed E-state index contributed by atoms with van der Waals surface area (Å²) in [5.41, 5.74) is 6.53. The minimum Gasteiger partial charge on any atom is -0.397 e. The molecule has 0 aliphatic heterocycles. The Labute approximate surface area is 148 Å². The van der Waals surface area contributed by atoms with Crippen molar-refractivity contribution in [2.24, 2.45) is 0 Å². The summed E-state index contributed by atoms with van der Waals surface area (Å²) in [5.74, 6) is -0.209.